The van der Waals surface area contributed by atoms with E-state index in [1.54, 1.807) is 0 Å². The second-order valence-corrected chi connectivity index (χ2v) is 6.55. The summed E-state index contributed by atoms with van der Waals surface area (Å²) in [5.41, 5.74) is 1.12. The zero-order valence-corrected chi connectivity index (χ0v) is 12.8. The summed E-state index contributed by atoms with van der Waals surface area (Å²) in [5.74, 6) is -1.85. The lowest BCUT2D eigenvalue weighted by Gasteiger charge is -2.35. The topological polar surface area (TPSA) is 78.4 Å². The molecule has 1 saturated heterocycles. The van der Waals surface area contributed by atoms with Gasteiger partial charge in [0.2, 0.25) is 11.8 Å². The van der Waals surface area contributed by atoms with Crippen molar-refractivity contribution in [2.75, 3.05) is 6.54 Å². The monoisotopic (exact) mass is 318 g/mol. The van der Waals surface area contributed by atoms with Gasteiger partial charge in [0, 0.05) is 6.54 Å². The Morgan fingerprint density at radius 3 is 2.86 bits per heavy atom. The Hall–Kier alpha value is -1.79. The zero-order chi connectivity index (χ0) is 15.5. The summed E-state index contributed by atoms with van der Waals surface area (Å²) in [4.78, 5) is 24.3. The maximum Gasteiger partial charge on any atom is 0.235 e. The van der Waals surface area contributed by atoms with Crippen LogP contribution in [0.2, 0.25) is 0 Å². The van der Waals surface area contributed by atoms with Gasteiger partial charge in [-0.15, -0.1) is 11.8 Å². The standard InChI is InChI=1S/C16H18N2O3S/c19-13-12(16(21)18-11-7-9-22-14(11)13)15(20)17-8-6-10-4-2-1-3-5-10/h1-5,7,9,11-14,19H,6,8H2,(H,17,20)(H,18,21). The normalized spacial score (nSPS) is 29.8. The number of rotatable bonds is 4. The van der Waals surface area contributed by atoms with Gasteiger partial charge in [0.15, 0.2) is 0 Å². The fourth-order valence-corrected chi connectivity index (χ4v) is 3.88. The second kappa shape index (κ2) is 6.54. The SMILES string of the molecule is O=C(NCCc1ccccc1)C1C(=O)NC2C=CSC2C1O. The number of aliphatic hydroxyl groups is 1. The second-order valence-electron chi connectivity index (χ2n) is 5.46. The van der Waals surface area contributed by atoms with Crippen LogP contribution < -0.4 is 10.6 Å². The summed E-state index contributed by atoms with van der Waals surface area (Å²) in [6.45, 7) is 0.443. The van der Waals surface area contributed by atoms with Gasteiger partial charge in [-0.3, -0.25) is 9.59 Å². The maximum atomic E-state index is 12.2. The Morgan fingerprint density at radius 1 is 1.32 bits per heavy atom. The minimum atomic E-state index is -1.04. The molecule has 0 spiro atoms. The molecule has 2 heterocycles. The zero-order valence-electron chi connectivity index (χ0n) is 11.9. The van der Waals surface area contributed by atoms with E-state index in [0.29, 0.717) is 13.0 Å². The first-order valence-corrected chi connectivity index (χ1v) is 8.23. The molecule has 0 aromatic heterocycles. The van der Waals surface area contributed by atoms with E-state index in [-0.39, 0.29) is 11.3 Å². The molecule has 1 fully saturated rings. The predicted molar refractivity (Wildman–Crippen MR) is 85.1 cm³/mol. The van der Waals surface area contributed by atoms with Crippen LogP contribution in [0.1, 0.15) is 5.56 Å². The summed E-state index contributed by atoms with van der Waals surface area (Å²) in [6.07, 6.45) is 1.58. The molecule has 116 valence electrons. The highest BCUT2D eigenvalue weighted by Gasteiger charge is 2.47. The minimum absolute atomic E-state index is 0.178. The lowest BCUT2D eigenvalue weighted by molar-refractivity contribution is -0.142. The van der Waals surface area contributed by atoms with Crippen molar-refractivity contribution >= 4 is 23.6 Å². The largest absolute Gasteiger partial charge is 0.390 e. The first kappa shape index (κ1) is 15.1. The van der Waals surface area contributed by atoms with Crippen molar-refractivity contribution in [2.24, 2.45) is 5.92 Å². The Labute approximate surface area is 133 Å². The molecule has 0 radical (unpaired) electrons. The summed E-state index contributed by atoms with van der Waals surface area (Å²) in [6, 6.07) is 9.62. The molecule has 6 heteroatoms. The number of amides is 2. The molecule has 5 nitrogen and oxygen atoms in total. The van der Waals surface area contributed by atoms with Crippen LogP contribution in [0.3, 0.4) is 0 Å². The van der Waals surface area contributed by atoms with Crippen molar-refractivity contribution in [3.8, 4) is 0 Å². The van der Waals surface area contributed by atoms with Crippen molar-refractivity contribution in [3.05, 3.63) is 47.4 Å². The third-order valence-corrected chi connectivity index (χ3v) is 5.18. The molecule has 2 aliphatic rings. The number of thioether (sulfide) groups is 1. The molecule has 4 atom stereocenters. The predicted octanol–water partition coefficient (Wildman–Crippen LogP) is 0.450. The van der Waals surface area contributed by atoms with Gasteiger partial charge in [-0.05, 0) is 17.4 Å². The molecular weight excluding hydrogens is 300 g/mol. The van der Waals surface area contributed by atoms with Crippen molar-refractivity contribution in [3.63, 3.8) is 0 Å². The Morgan fingerprint density at radius 2 is 2.09 bits per heavy atom. The molecular formula is C16H18N2O3S. The fraction of sp³-hybridized carbons (Fsp3) is 0.375. The van der Waals surface area contributed by atoms with Crippen LogP contribution in [-0.4, -0.2) is 40.9 Å². The first-order valence-electron chi connectivity index (χ1n) is 7.29. The highest BCUT2D eigenvalue weighted by molar-refractivity contribution is 8.03. The number of aliphatic hydroxyl groups excluding tert-OH is 1. The summed E-state index contributed by atoms with van der Waals surface area (Å²) in [5, 5.41) is 17.5. The van der Waals surface area contributed by atoms with E-state index in [0.717, 1.165) is 5.56 Å². The van der Waals surface area contributed by atoms with Crippen LogP contribution in [0.15, 0.2) is 41.8 Å². The Balaban J connectivity index is 1.56. The van der Waals surface area contributed by atoms with E-state index in [1.807, 2.05) is 41.8 Å². The molecule has 0 saturated carbocycles. The third-order valence-electron chi connectivity index (χ3n) is 3.98. The summed E-state index contributed by atoms with van der Waals surface area (Å²) < 4.78 is 0. The van der Waals surface area contributed by atoms with Crippen LogP contribution in [0.25, 0.3) is 0 Å². The van der Waals surface area contributed by atoms with Gasteiger partial charge in [-0.2, -0.15) is 0 Å². The maximum absolute atomic E-state index is 12.2. The van der Waals surface area contributed by atoms with Gasteiger partial charge in [-0.25, -0.2) is 0 Å². The van der Waals surface area contributed by atoms with Gasteiger partial charge >= 0.3 is 0 Å². The highest BCUT2D eigenvalue weighted by atomic mass is 32.2. The lowest BCUT2D eigenvalue weighted by Crippen LogP contribution is -2.61. The van der Waals surface area contributed by atoms with Crippen LogP contribution in [0.4, 0.5) is 0 Å². The number of carbonyl (C=O) groups excluding carboxylic acids is 2. The Kier molecular flexibility index (Phi) is 4.49. The average molecular weight is 318 g/mol. The van der Waals surface area contributed by atoms with Gasteiger partial charge in [0.25, 0.3) is 0 Å². The summed E-state index contributed by atoms with van der Waals surface area (Å²) in [7, 11) is 0. The number of hydrogen-bond acceptors (Lipinski definition) is 4. The molecule has 0 bridgehead atoms. The van der Waals surface area contributed by atoms with Crippen molar-refractivity contribution in [1.29, 1.82) is 0 Å². The molecule has 3 rings (SSSR count). The van der Waals surface area contributed by atoms with Crippen LogP contribution in [0, 0.1) is 5.92 Å². The van der Waals surface area contributed by atoms with E-state index < -0.39 is 23.8 Å². The average Bonchev–Trinajstić information content (AvgIpc) is 2.97. The molecule has 1 aromatic carbocycles. The van der Waals surface area contributed by atoms with E-state index in [9.17, 15) is 14.7 Å². The van der Waals surface area contributed by atoms with E-state index in [1.165, 1.54) is 11.8 Å². The first-order chi connectivity index (χ1) is 10.7. The quantitative estimate of drug-likeness (QED) is 0.705. The number of hydrogen-bond donors (Lipinski definition) is 3. The molecule has 22 heavy (non-hydrogen) atoms. The minimum Gasteiger partial charge on any atom is -0.390 e. The van der Waals surface area contributed by atoms with E-state index in [2.05, 4.69) is 10.6 Å². The van der Waals surface area contributed by atoms with Gasteiger partial charge in [0.05, 0.1) is 17.4 Å². The van der Waals surface area contributed by atoms with Crippen molar-refractivity contribution in [1.82, 2.24) is 10.6 Å². The van der Waals surface area contributed by atoms with E-state index in [4.69, 9.17) is 0 Å². The number of fused-ring (bicyclic) bond motifs is 1. The molecule has 2 aliphatic heterocycles. The van der Waals surface area contributed by atoms with Crippen molar-refractivity contribution in [2.45, 2.75) is 23.8 Å². The van der Waals surface area contributed by atoms with Gasteiger partial charge in [-0.1, -0.05) is 36.4 Å². The molecule has 1 aromatic rings. The van der Waals surface area contributed by atoms with Crippen LogP contribution in [-0.2, 0) is 16.0 Å². The Bertz CT molecular complexity index is 590. The summed E-state index contributed by atoms with van der Waals surface area (Å²) >= 11 is 1.45. The molecule has 0 aliphatic carbocycles. The molecule has 3 N–H and O–H groups in total. The number of benzene rings is 1. The molecule has 4 unspecified atom stereocenters. The number of piperidine rings is 1. The van der Waals surface area contributed by atoms with Crippen molar-refractivity contribution < 1.29 is 14.7 Å². The van der Waals surface area contributed by atoms with E-state index >= 15 is 0 Å². The fourth-order valence-electron chi connectivity index (χ4n) is 2.80. The highest BCUT2D eigenvalue weighted by Crippen LogP contribution is 2.33. The molecule has 2 amide bonds. The smallest absolute Gasteiger partial charge is 0.235 e. The van der Waals surface area contributed by atoms with Gasteiger partial charge < -0.3 is 15.7 Å². The van der Waals surface area contributed by atoms with Crippen LogP contribution >= 0.6 is 11.8 Å². The van der Waals surface area contributed by atoms with Gasteiger partial charge in [0.1, 0.15) is 5.92 Å². The van der Waals surface area contributed by atoms with Crippen LogP contribution in [0.5, 0.6) is 0 Å². The number of nitrogens with one attached hydrogen (secondary N) is 2. The lowest BCUT2D eigenvalue weighted by atomic mass is 9.89. The number of carbonyl (C=O) groups is 2. The third kappa shape index (κ3) is 3.03.